The molecule has 2 fully saturated rings. The zero-order valence-corrected chi connectivity index (χ0v) is 23.8. The Balaban J connectivity index is 1.24. The Bertz CT molecular complexity index is 1400. The second-order valence-corrected chi connectivity index (χ2v) is 11.0. The van der Waals surface area contributed by atoms with Gasteiger partial charge in [0.1, 0.15) is 11.6 Å². The zero-order chi connectivity index (χ0) is 29.1. The van der Waals surface area contributed by atoms with Crippen molar-refractivity contribution >= 4 is 46.7 Å². The number of furan rings is 1. The summed E-state index contributed by atoms with van der Waals surface area (Å²) < 4.78 is 46.9. The normalized spacial score (nSPS) is 16.3. The highest BCUT2D eigenvalue weighted by Gasteiger charge is 2.35. The number of para-hydroxylation sites is 1. The average Bonchev–Trinajstić information content (AvgIpc) is 3.45. The van der Waals surface area contributed by atoms with Crippen molar-refractivity contribution in [2.75, 3.05) is 62.2 Å². The number of alkyl halides is 3. The Morgan fingerprint density at radius 2 is 1.59 bits per heavy atom. The van der Waals surface area contributed by atoms with E-state index in [1.54, 1.807) is 28.0 Å². The van der Waals surface area contributed by atoms with Gasteiger partial charge in [0.15, 0.2) is 16.6 Å². The summed E-state index contributed by atoms with van der Waals surface area (Å²) in [5.41, 5.74) is -0.128. The van der Waals surface area contributed by atoms with Crippen molar-refractivity contribution in [3.05, 3.63) is 64.7 Å². The van der Waals surface area contributed by atoms with Crippen molar-refractivity contribution < 1.29 is 27.2 Å². The highest BCUT2D eigenvalue weighted by molar-refractivity contribution is 7.98. The number of hydrogen-bond acceptors (Lipinski definition) is 8. The van der Waals surface area contributed by atoms with E-state index in [0.717, 1.165) is 23.5 Å². The topological polar surface area (TPSA) is 86.0 Å². The van der Waals surface area contributed by atoms with Crippen molar-refractivity contribution in [1.29, 1.82) is 0 Å². The Morgan fingerprint density at radius 3 is 2.24 bits per heavy atom. The number of hydrogen-bond donors (Lipinski definition) is 0. The lowest BCUT2D eigenvalue weighted by Crippen LogP contribution is -2.50. The number of piperazine rings is 2. The molecule has 0 atom stereocenters. The second kappa shape index (κ2) is 12.2. The standard InChI is InChI=1S/C27H28ClF3N6O3S/c1-18(38)34-8-14-37(15-9-34)25(39)22-7-6-19(40-22)17-41-26-32-23(27(29,30)31)16-24(33-26)36-12-10-35(11-13-36)21-5-3-2-4-20(21)28/h2-7,16H,8-15,17H2,1H3. The summed E-state index contributed by atoms with van der Waals surface area (Å²) in [6, 6.07) is 11.6. The molecule has 4 heterocycles. The number of benzene rings is 1. The number of carbonyl (C=O) groups is 2. The highest BCUT2D eigenvalue weighted by atomic mass is 35.5. The van der Waals surface area contributed by atoms with Gasteiger partial charge in [0.05, 0.1) is 16.5 Å². The molecule has 0 spiro atoms. The van der Waals surface area contributed by atoms with Gasteiger partial charge in [0.2, 0.25) is 5.91 Å². The molecule has 2 amide bonds. The van der Waals surface area contributed by atoms with Gasteiger partial charge in [-0.15, -0.1) is 0 Å². The smallest absolute Gasteiger partial charge is 0.433 e. The molecule has 2 aliphatic rings. The second-order valence-electron chi connectivity index (χ2n) is 9.67. The fourth-order valence-corrected chi connectivity index (χ4v) is 5.76. The van der Waals surface area contributed by atoms with Crippen LogP contribution in [-0.4, -0.2) is 83.9 Å². The zero-order valence-electron chi connectivity index (χ0n) is 22.2. The monoisotopic (exact) mass is 608 g/mol. The first-order valence-electron chi connectivity index (χ1n) is 13.1. The number of nitrogens with zero attached hydrogens (tertiary/aromatic N) is 6. The number of halogens is 4. The number of rotatable bonds is 6. The summed E-state index contributed by atoms with van der Waals surface area (Å²) in [6.45, 7) is 5.28. The molecule has 0 radical (unpaired) electrons. The lowest BCUT2D eigenvalue weighted by atomic mass is 10.2. The van der Waals surface area contributed by atoms with Gasteiger partial charge in [-0.05, 0) is 24.3 Å². The molecule has 0 N–H and O–H groups in total. The molecule has 2 saturated heterocycles. The van der Waals surface area contributed by atoms with E-state index in [2.05, 4.69) is 14.9 Å². The molecule has 3 aromatic rings. The largest absolute Gasteiger partial charge is 0.455 e. The SMILES string of the molecule is CC(=O)N1CCN(C(=O)c2ccc(CSc3nc(N4CCN(c5ccccc5Cl)CC4)cc(C(F)(F)F)n3)o2)CC1. The predicted octanol–water partition coefficient (Wildman–Crippen LogP) is 4.67. The molecule has 14 heteroatoms. The summed E-state index contributed by atoms with van der Waals surface area (Å²) in [7, 11) is 0. The minimum atomic E-state index is -4.64. The summed E-state index contributed by atoms with van der Waals surface area (Å²) in [4.78, 5) is 39.7. The van der Waals surface area contributed by atoms with Crippen LogP contribution in [0, 0.1) is 0 Å². The van der Waals surface area contributed by atoms with Crippen LogP contribution in [0.25, 0.3) is 0 Å². The maximum Gasteiger partial charge on any atom is 0.433 e. The van der Waals surface area contributed by atoms with Crippen LogP contribution in [0.1, 0.15) is 28.9 Å². The van der Waals surface area contributed by atoms with Crippen molar-refractivity contribution in [2.45, 2.75) is 24.0 Å². The van der Waals surface area contributed by atoms with Gasteiger partial charge in [-0.2, -0.15) is 13.2 Å². The van der Waals surface area contributed by atoms with E-state index in [9.17, 15) is 22.8 Å². The summed E-state index contributed by atoms with van der Waals surface area (Å²) >= 11 is 7.32. The van der Waals surface area contributed by atoms with E-state index in [0.29, 0.717) is 63.1 Å². The van der Waals surface area contributed by atoms with Gasteiger partial charge in [0.25, 0.3) is 5.91 Å². The first-order valence-corrected chi connectivity index (χ1v) is 14.4. The van der Waals surface area contributed by atoms with Crippen LogP contribution >= 0.6 is 23.4 Å². The first-order chi connectivity index (χ1) is 19.6. The molecule has 1 aromatic carbocycles. The quantitative estimate of drug-likeness (QED) is 0.295. The summed E-state index contributed by atoms with van der Waals surface area (Å²) in [5.74, 6) is 0.572. The molecular weight excluding hydrogens is 581 g/mol. The molecule has 0 bridgehead atoms. The maximum absolute atomic E-state index is 13.7. The number of thioether (sulfide) groups is 1. The van der Waals surface area contributed by atoms with E-state index in [1.807, 2.05) is 23.1 Å². The molecule has 41 heavy (non-hydrogen) atoms. The third-order valence-electron chi connectivity index (χ3n) is 7.01. The Labute approximate surface area is 244 Å². The van der Waals surface area contributed by atoms with Crippen LogP contribution in [0.2, 0.25) is 5.02 Å². The van der Waals surface area contributed by atoms with Gasteiger partial charge >= 0.3 is 6.18 Å². The predicted molar refractivity (Wildman–Crippen MR) is 149 cm³/mol. The minimum Gasteiger partial charge on any atom is -0.455 e. The van der Waals surface area contributed by atoms with E-state index in [-0.39, 0.29) is 34.3 Å². The lowest BCUT2D eigenvalue weighted by Gasteiger charge is -2.37. The van der Waals surface area contributed by atoms with Crippen LogP contribution < -0.4 is 9.80 Å². The third-order valence-corrected chi connectivity index (χ3v) is 8.20. The van der Waals surface area contributed by atoms with Gasteiger partial charge in [0, 0.05) is 65.3 Å². The van der Waals surface area contributed by atoms with Gasteiger partial charge in [-0.3, -0.25) is 9.59 Å². The molecule has 0 unspecified atom stereocenters. The van der Waals surface area contributed by atoms with Crippen LogP contribution in [-0.2, 0) is 16.7 Å². The lowest BCUT2D eigenvalue weighted by molar-refractivity contribution is -0.141. The minimum absolute atomic E-state index is 0.0336. The van der Waals surface area contributed by atoms with Crippen molar-refractivity contribution in [1.82, 2.24) is 19.8 Å². The summed E-state index contributed by atoms with van der Waals surface area (Å²) in [5, 5.41) is 0.590. The van der Waals surface area contributed by atoms with E-state index >= 15 is 0 Å². The van der Waals surface area contributed by atoms with Gasteiger partial charge in [-0.25, -0.2) is 9.97 Å². The van der Waals surface area contributed by atoms with Crippen LogP contribution in [0.4, 0.5) is 24.7 Å². The Hall–Kier alpha value is -3.45. The van der Waals surface area contributed by atoms with Gasteiger partial charge in [-0.1, -0.05) is 35.5 Å². The average molecular weight is 609 g/mol. The third kappa shape index (κ3) is 6.89. The first kappa shape index (κ1) is 29.1. The van der Waals surface area contributed by atoms with Crippen molar-refractivity contribution in [2.24, 2.45) is 0 Å². The Morgan fingerprint density at radius 1 is 0.927 bits per heavy atom. The van der Waals surface area contributed by atoms with E-state index in [1.165, 1.54) is 6.92 Å². The van der Waals surface area contributed by atoms with Crippen molar-refractivity contribution in [3.8, 4) is 0 Å². The maximum atomic E-state index is 13.7. The molecule has 9 nitrogen and oxygen atoms in total. The fourth-order valence-electron chi connectivity index (χ4n) is 4.76. The molecule has 2 aromatic heterocycles. The van der Waals surface area contributed by atoms with Crippen LogP contribution in [0.15, 0.2) is 52.0 Å². The number of amides is 2. The van der Waals surface area contributed by atoms with Gasteiger partial charge < -0.3 is 24.0 Å². The van der Waals surface area contributed by atoms with Crippen molar-refractivity contribution in [3.63, 3.8) is 0 Å². The fraction of sp³-hybridized carbons (Fsp3) is 0.407. The van der Waals surface area contributed by atoms with Crippen LogP contribution in [0.5, 0.6) is 0 Å². The summed E-state index contributed by atoms with van der Waals surface area (Å²) in [6.07, 6.45) is -4.64. The number of aromatic nitrogens is 2. The van der Waals surface area contributed by atoms with E-state index in [4.69, 9.17) is 16.0 Å². The number of anilines is 2. The highest BCUT2D eigenvalue weighted by Crippen LogP contribution is 2.33. The number of carbonyl (C=O) groups excluding carboxylic acids is 2. The molecular formula is C27H28ClF3N6O3S. The molecule has 2 aliphatic heterocycles. The van der Waals surface area contributed by atoms with E-state index < -0.39 is 11.9 Å². The molecule has 218 valence electrons. The molecule has 0 aliphatic carbocycles. The molecule has 5 rings (SSSR count). The van der Waals surface area contributed by atoms with Crippen LogP contribution in [0.3, 0.4) is 0 Å². The molecule has 0 saturated carbocycles. The Kier molecular flexibility index (Phi) is 8.64.